The Morgan fingerprint density at radius 3 is 2.70 bits per heavy atom. The van der Waals surface area contributed by atoms with Gasteiger partial charge < -0.3 is 25.2 Å². The van der Waals surface area contributed by atoms with Gasteiger partial charge in [-0.15, -0.1) is 0 Å². The van der Waals surface area contributed by atoms with E-state index in [0.29, 0.717) is 17.2 Å². The number of urea groups is 1. The van der Waals surface area contributed by atoms with E-state index in [1.54, 1.807) is 25.1 Å². The maximum atomic E-state index is 11.8. The van der Waals surface area contributed by atoms with E-state index in [9.17, 15) is 9.59 Å². The first-order chi connectivity index (χ1) is 9.44. The normalized spacial score (nSPS) is 15.3. The highest BCUT2D eigenvalue weighted by Gasteiger charge is 2.32. The second-order valence-electron chi connectivity index (χ2n) is 4.64. The highest BCUT2D eigenvalue weighted by atomic mass is 16.7. The van der Waals surface area contributed by atoms with E-state index in [0.717, 1.165) is 0 Å². The molecule has 0 aromatic heterocycles. The number of carboxylic acids is 1. The lowest BCUT2D eigenvalue weighted by molar-refractivity contribution is -0.143. The Bertz CT molecular complexity index is 546. The number of amides is 2. The maximum absolute atomic E-state index is 11.8. The minimum absolute atomic E-state index is 0.151. The predicted molar refractivity (Wildman–Crippen MR) is 71.1 cm³/mol. The number of benzene rings is 1. The number of fused-ring (bicyclic) bond motifs is 1. The van der Waals surface area contributed by atoms with Gasteiger partial charge >= 0.3 is 12.0 Å². The average molecular weight is 280 g/mol. The molecule has 1 unspecified atom stereocenters. The zero-order valence-corrected chi connectivity index (χ0v) is 11.2. The molecular weight excluding hydrogens is 264 g/mol. The van der Waals surface area contributed by atoms with Crippen molar-refractivity contribution in [3.63, 3.8) is 0 Å². The lowest BCUT2D eigenvalue weighted by atomic mass is 10.00. The van der Waals surface area contributed by atoms with Crippen LogP contribution in [-0.2, 0) is 4.79 Å². The van der Waals surface area contributed by atoms with E-state index >= 15 is 0 Å². The van der Waals surface area contributed by atoms with Crippen molar-refractivity contribution in [2.45, 2.75) is 25.8 Å². The van der Waals surface area contributed by atoms with Crippen LogP contribution in [0.25, 0.3) is 0 Å². The van der Waals surface area contributed by atoms with Crippen LogP contribution in [0.3, 0.4) is 0 Å². The molecule has 0 saturated carbocycles. The number of anilines is 1. The molecule has 0 radical (unpaired) electrons. The Morgan fingerprint density at radius 1 is 1.35 bits per heavy atom. The van der Waals surface area contributed by atoms with Crippen LogP contribution < -0.4 is 20.1 Å². The molecular formula is C13H16N2O5. The van der Waals surface area contributed by atoms with Gasteiger partial charge in [0.1, 0.15) is 5.54 Å². The van der Waals surface area contributed by atoms with Crippen molar-refractivity contribution in [1.82, 2.24) is 5.32 Å². The van der Waals surface area contributed by atoms with Crippen molar-refractivity contribution in [2.75, 3.05) is 12.1 Å². The molecule has 0 aliphatic carbocycles. The van der Waals surface area contributed by atoms with Crippen LogP contribution in [0, 0.1) is 0 Å². The molecule has 1 heterocycles. The number of carboxylic acid groups (broad SMARTS) is 1. The van der Waals surface area contributed by atoms with Crippen molar-refractivity contribution in [2.24, 2.45) is 0 Å². The van der Waals surface area contributed by atoms with E-state index < -0.39 is 17.5 Å². The highest BCUT2D eigenvalue weighted by molar-refractivity contribution is 5.94. The number of hydrogen-bond donors (Lipinski definition) is 3. The summed E-state index contributed by atoms with van der Waals surface area (Å²) >= 11 is 0. The minimum atomic E-state index is -1.31. The first kappa shape index (κ1) is 14.0. The van der Waals surface area contributed by atoms with Gasteiger partial charge in [-0.25, -0.2) is 9.59 Å². The fourth-order valence-corrected chi connectivity index (χ4v) is 1.68. The molecule has 7 heteroatoms. The predicted octanol–water partition coefficient (Wildman–Crippen LogP) is 1.79. The van der Waals surface area contributed by atoms with Crippen molar-refractivity contribution in [3.05, 3.63) is 18.2 Å². The molecule has 1 aliphatic rings. The Balaban J connectivity index is 2.03. The van der Waals surface area contributed by atoms with Gasteiger partial charge in [0.15, 0.2) is 11.5 Å². The summed E-state index contributed by atoms with van der Waals surface area (Å²) in [5.74, 6) is 0.0695. The fourth-order valence-electron chi connectivity index (χ4n) is 1.68. The SMILES string of the molecule is CCC(C)(NC(=O)Nc1ccc2c(c1)OCO2)C(=O)O. The van der Waals surface area contributed by atoms with Gasteiger partial charge in [-0.1, -0.05) is 6.92 Å². The number of hydrogen-bond acceptors (Lipinski definition) is 4. The Labute approximate surface area is 115 Å². The molecule has 0 spiro atoms. The Morgan fingerprint density at radius 2 is 2.05 bits per heavy atom. The van der Waals surface area contributed by atoms with Crippen LogP contribution in [0.1, 0.15) is 20.3 Å². The monoisotopic (exact) mass is 280 g/mol. The number of carbonyl (C=O) groups is 2. The van der Waals surface area contributed by atoms with Gasteiger partial charge in [-0.05, 0) is 25.5 Å². The van der Waals surface area contributed by atoms with Crippen molar-refractivity contribution < 1.29 is 24.2 Å². The molecule has 1 aliphatic heterocycles. The van der Waals surface area contributed by atoms with Gasteiger partial charge in [0.2, 0.25) is 6.79 Å². The smallest absolute Gasteiger partial charge is 0.329 e. The quantitative estimate of drug-likeness (QED) is 0.781. The van der Waals surface area contributed by atoms with Gasteiger partial charge in [-0.3, -0.25) is 0 Å². The zero-order chi connectivity index (χ0) is 14.8. The Kier molecular flexibility index (Phi) is 3.69. The van der Waals surface area contributed by atoms with Crippen LogP contribution in [0.4, 0.5) is 10.5 Å². The highest BCUT2D eigenvalue weighted by Crippen LogP contribution is 2.34. The minimum Gasteiger partial charge on any atom is -0.480 e. The molecule has 3 N–H and O–H groups in total. The van der Waals surface area contributed by atoms with Crippen LogP contribution >= 0.6 is 0 Å². The second kappa shape index (κ2) is 5.28. The molecule has 1 atom stereocenters. The van der Waals surface area contributed by atoms with E-state index in [1.807, 2.05) is 0 Å². The fraction of sp³-hybridized carbons (Fsp3) is 0.385. The molecule has 108 valence electrons. The zero-order valence-electron chi connectivity index (χ0n) is 11.2. The first-order valence-corrected chi connectivity index (χ1v) is 6.17. The molecule has 1 aromatic carbocycles. The van der Waals surface area contributed by atoms with Gasteiger partial charge in [0.05, 0.1) is 0 Å². The third kappa shape index (κ3) is 2.76. The van der Waals surface area contributed by atoms with E-state index in [-0.39, 0.29) is 13.2 Å². The number of carbonyl (C=O) groups excluding carboxylic acids is 1. The van der Waals surface area contributed by atoms with Crippen molar-refractivity contribution >= 4 is 17.7 Å². The number of aliphatic carboxylic acids is 1. The van der Waals surface area contributed by atoms with E-state index in [2.05, 4.69) is 10.6 Å². The molecule has 0 bridgehead atoms. The second-order valence-corrected chi connectivity index (χ2v) is 4.64. The molecule has 7 nitrogen and oxygen atoms in total. The number of nitrogens with one attached hydrogen (secondary N) is 2. The van der Waals surface area contributed by atoms with Gasteiger partial charge in [-0.2, -0.15) is 0 Å². The summed E-state index contributed by atoms with van der Waals surface area (Å²) < 4.78 is 10.4. The molecule has 1 aromatic rings. The lowest BCUT2D eigenvalue weighted by Crippen LogP contribution is -2.53. The average Bonchev–Trinajstić information content (AvgIpc) is 2.85. The summed E-state index contributed by atoms with van der Waals surface area (Å²) in [6.07, 6.45) is 0.275. The maximum Gasteiger partial charge on any atom is 0.329 e. The summed E-state index contributed by atoms with van der Waals surface area (Å²) in [5, 5.41) is 14.1. The third-order valence-corrected chi connectivity index (χ3v) is 3.20. The summed E-state index contributed by atoms with van der Waals surface area (Å²) in [6, 6.07) is 4.35. The summed E-state index contributed by atoms with van der Waals surface area (Å²) in [7, 11) is 0. The van der Waals surface area contributed by atoms with Crippen LogP contribution in [0.15, 0.2) is 18.2 Å². The summed E-state index contributed by atoms with van der Waals surface area (Å²) in [5.41, 5.74) is -0.809. The largest absolute Gasteiger partial charge is 0.480 e. The lowest BCUT2D eigenvalue weighted by Gasteiger charge is -2.24. The summed E-state index contributed by atoms with van der Waals surface area (Å²) in [6.45, 7) is 3.29. The summed E-state index contributed by atoms with van der Waals surface area (Å²) in [4.78, 5) is 22.9. The first-order valence-electron chi connectivity index (χ1n) is 6.17. The van der Waals surface area contributed by atoms with Crippen molar-refractivity contribution in [3.8, 4) is 11.5 Å². The van der Waals surface area contributed by atoms with Gasteiger partial charge in [0, 0.05) is 11.8 Å². The number of ether oxygens (including phenoxy) is 2. The number of rotatable bonds is 4. The Hall–Kier alpha value is -2.44. The van der Waals surface area contributed by atoms with Crippen LogP contribution in [-0.4, -0.2) is 29.4 Å². The molecule has 0 saturated heterocycles. The molecule has 2 amide bonds. The van der Waals surface area contributed by atoms with E-state index in [4.69, 9.17) is 14.6 Å². The molecule has 20 heavy (non-hydrogen) atoms. The molecule has 2 rings (SSSR count). The van der Waals surface area contributed by atoms with E-state index in [1.165, 1.54) is 6.92 Å². The molecule has 0 fully saturated rings. The standard InChI is InChI=1S/C13H16N2O5/c1-3-13(2,11(16)17)15-12(18)14-8-4-5-9-10(6-8)20-7-19-9/h4-6H,3,7H2,1-2H3,(H,16,17)(H2,14,15,18). The topological polar surface area (TPSA) is 96.9 Å². The van der Waals surface area contributed by atoms with Crippen molar-refractivity contribution in [1.29, 1.82) is 0 Å². The van der Waals surface area contributed by atoms with Crippen LogP contribution in [0.5, 0.6) is 11.5 Å². The van der Waals surface area contributed by atoms with Crippen LogP contribution in [0.2, 0.25) is 0 Å². The van der Waals surface area contributed by atoms with Gasteiger partial charge in [0.25, 0.3) is 0 Å². The third-order valence-electron chi connectivity index (χ3n) is 3.20.